The molecule has 0 radical (unpaired) electrons. The predicted molar refractivity (Wildman–Crippen MR) is 119 cm³/mol. The number of ether oxygens (including phenoxy) is 2. The lowest BCUT2D eigenvalue weighted by molar-refractivity contribution is 0.153. The summed E-state index contributed by atoms with van der Waals surface area (Å²) in [5.41, 5.74) is 1.47. The molecule has 1 aromatic heterocycles. The summed E-state index contributed by atoms with van der Waals surface area (Å²) in [6.45, 7) is 9.61. The van der Waals surface area contributed by atoms with Crippen LogP contribution in [0.4, 0.5) is 0 Å². The molecule has 1 atom stereocenters. The van der Waals surface area contributed by atoms with Gasteiger partial charge in [-0.3, -0.25) is 0 Å². The Morgan fingerprint density at radius 3 is 2.80 bits per heavy atom. The minimum atomic E-state index is -0.476. The van der Waals surface area contributed by atoms with Crippen molar-refractivity contribution in [2.75, 3.05) is 20.2 Å². The second kappa shape index (κ2) is 9.67. The van der Waals surface area contributed by atoms with Gasteiger partial charge in [0.15, 0.2) is 0 Å². The Balaban J connectivity index is 1.74. The lowest BCUT2D eigenvalue weighted by Gasteiger charge is -2.26. The minimum absolute atomic E-state index is 0.0657. The molecule has 0 spiro atoms. The zero-order valence-electron chi connectivity index (χ0n) is 18.3. The molecule has 7 heteroatoms. The highest BCUT2D eigenvalue weighted by Crippen LogP contribution is 2.38. The topological polar surface area (TPSA) is 69.4 Å². The summed E-state index contributed by atoms with van der Waals surface area (Å²) in [6.07, 6.45) is 5.61. The minimum Gasteiger partial charge on any atom is -0.494 e. The molecule has 0 saturated carbocycles. The number of aromatic nitrogens is 2. The molecule has 0 fully saturated rings. The van der Waals surface area contributed by atoms with Gasteiger partial charge in [0.2, 0.25) is 11.7 Å². The molecular weight excluding hydrogens is 402 g/mol. The highest BCUT2D eigenvalue weighted by Gasteiger charge is 2.34. The maximum Gasteiger partial charge on any atom is 0.237 e. The second-order valence-electron chi connectivity index (χ2n) is 8.05. The molecule has 0 bridgehead atoms. The van der Waals surface area contributed by atoms with Gasteiger partial charge in [-0.15, -0.1) is 0 Å². The van der Waals surface area contributed by atoms with Crippen LogP contribution in [0.2, 0.25) is 0 Å². The molecule has 1 unspecified atom stereocenters. The normalized spacial score (nSPS) is 18.9. The van der Waals surface area contributed by atoms with Gasteiger partial charge in [-0.2, -0.15) is 4.98 Å². The van der Waals surface area contributed by atoms with Crippen molar-refractivity contribution in [1.29, 1.82) is 0 Å². The maximum absolute atomic E-state index is 6.45. The van der Waals surface area contributed by atoms with Crippen molar-refractivity contribution in [2.24, 2.45) is 0 Å². The van der Waals surface area contributed by atoms with Gasteiger partial charge in [0.05, 0.1) is 23.2 Å². The van der Waals surface area contributed by atoms with Gasteiger partial charge in [0.25, 0.3) is 0 Å². The number of benzene rings is 1. The third-order valence-electron chi connectivity index (χ3n) is 4.95. The molecule has 1 N–H and O–H groups in total. The predicted octanol–water partition coefficient (Wildman–Crippen LogP) is 5.13. The molecule has 0 saturated heterocycles. The number of aryl methyl sites for hydroxylation is 1. The smallest absolute Gasteiger partial charge is 0.237 e. The Labute approximate surface area is 183 Å². The molecule has 6 nitrogen and oxygen atoms in total. The summed E-state index contributed by atoms with van der Waals surface area (Å²) >= 11 is 6.45. The van der Waals surface area contributed by atoms with Crippen LogP contribution in [0.15, 0.2) is 45.7 Å². The molecule has 30 heavy (non-hydrogen) atoms. The number of hydrogen-bond acceptors (Lipinski definition) is 6. The maximum atomic E-state index is 6.45. The first-order valence-electron chi connectivity index (χ1n) is 10.3. The summed E-state index contributed by atoms with van der Waals surface area (Å²) in [7, 11) is 1.93. The number of hydrogen-bond donors (Lipinski definition) is 1. The number of halogens is 1. The van der Waals surface area contributed by atoms with Gasteiger partial charge in [-0.05, 0) is 90.0 Å². The van der Waals surface area contributed by atoms with Crippen molar-refractivity contribution in [1.82, 2.24) is 15.5 Å². The number of rotatable bonds is 9. The van der Waals surface area contributed by atoms with Crippen LogP contribution < -0.4 is 10.1 Å². The molecule has 0 amide bonds. The Hall–Kier alpha value is -2.31. The monoisotopic (exact) mass is 431 g/mol. The van der Waals surface area contributed by atoms with E-state index in [4.69, 9.17) is 25.6 Å². The summed E-state index contributed by atoms with van der Waals surface area (Å²) in [6, 6.07) is 5.91. The second-order valence-corrected chi connectivity index (χ2v) is 8.46. The molecular formula is C23H30ClN3O3. The fourth-order valence-electron chi connectivity index (χ4n) is 3.30. The average molecular weight is 432 g/mol. The Morgan fingerprint density at radius 1 is 1.33 bits per heavy atom. The molecule has 0 aliphatic heterocycles. The first-order valence-corrected chi connectivity index (χ1v) is 10.7. The SMILES string of the molecule is CNCCCOc1ccc(-c2noc(C3(C)C=C(Cl)C(OC(C)C)=CC3)n2)c(C)c1. The standard InChI is InChI=1S/C23H30ClN3O3/c1-15(2)29-20-9-10-23(4,14-19(20)24)22-26-21(27-30-22)18-8-7-17(13-16(18)3)28-12-6-11-25-5/h7-9,13-15,25H,6,10-12H2,1-5H3. The van der Waals surface area contributed by atoms with Crippen LogP contribution in [0.1, 0.15) is 45.1 Å². The Kier molecular flexibility index (Phi) is 7.21. The van der Waals surface area contributed by atoms with Crippen LogP contribution in [0.3, 0.4) is 0 Å². The summed E-state index contributed by atoms with van der Waals surface area (Å²) in [5.74, 6) is 2.63. The van der Waals surface area contributed by atoms with Gasteiger partial charge in [-0.25, -0.2) is 0 Å². The fourth-order valence-corrected chi connectivity index (χ4v) is 3.66. The van der Waals surface area contributed by atoms with E-state index in [-0.39, 0.29) is 6.10 Å². The Bertz CT molecular complexity index is 936. The van der Waals surface area contributed by atoms with Gasteiger partial charge < -0.3 is 19.3 Å². The van der Waals surface area contributed by atoms with Crippen molar-refractivity contribution in [3.8, 4) is 17.1 Å². The van der Waals surface area contributed by atoms with Crippen LogP contribution in [0, 0.1) is 6.92 Å². The highest BCUT2D eigenvalue weighted by molar-refractivity contribution is 6.31. The zero-order chi connectivity index (χ0) is 21.7. The van der Waals surface area contributed by atoms with Crippen LogP contribution >= 0.6 is 11.6 Å². The van der Waals surface area contributed by atoms with Crippen LogP contribution in [0.25, 0.3) is 11.4 Å². The summed E-state index contributed by atoms with van der Waals surface area (Å²) in [4.78, 5) is 4.67. The van der Waals surface area contributed by atoms with E-state index in [2.05, 4.69) is 15.5 Å². The van der Waals surface area contributed by atoms with Gasteiger partial charge >= 0.3 is 0 Å². The molecule has 1 aliphatic rings. The molecule has 1 aliphatic carbocycles. The number of nitrogens with zero attached hydrogens (tertiary/aromatic N) is 2. The van der Waals surface area contributed by atoms with E-state index in [1.807, 2.05) is 65.1 Å². The summed E-state index contributed by atoms with van der Waals surface area (Å²) in [5, 5.41) is 7.89. The molecule has 1 aromatic carbocycles. The van der Waals surface area contributed by atoms with Crippen molar-refractivity contribution in [3.05, 3.63) is 52.6 Å². The molecule has 3 rings (SSSR count). The van der Waals surface area contributed by atoms with E-state index >= 15 is 0 Å². The zero-order valence-corrected chi connectivity index (χ0v) is 19.0. The van der Waals surface area contributed by atoms with E-state index < -0.39 is 5.41 Å². The van der Waals surface area contributed by atoms with Crippen molar-refractivity contribution in [2.45, 2.75) is 52.1 Å². The highest BCUT2D eigenvalue weighted by atomic mass is 35.5. The quantitative estimate of drug-likeness (QED) is 0.555. The van der Waals surface area contributed by atoms with Gasteiger partial charge in [-0.1, -0.05) is 16.8 Å². The lowest BCUT2D eigenvalue weighted by atomic mass is 9.83. The molecule has 162 valence electrons. The summed E-state index contributed by atoms with van der Waals surface area (Å²) < 4.78 is 17.2. The number of nitrogens with one attached hydrogen (secondary N) is 1. The van der Waals surface area contributed by atoms with E-state index in [9.17, 15) is 0 Å². The molecule has 1 heterocycles. The van der Waals surface area contributed by atoms with E-state index in [0.29, 0.717) is 35.5 Å². The van der Waals surface area contributed by atoms with E-state index in [1.165, 1.54) is 0 Å². The van der Waals surface area contributed by atoms with Crippen LogP contribution in [-0.2, 0) is 10.2 Å². The molecule has 2 aromatic rings. The average Bonchev–Trinajstić information content (AvgIpc) is 3.18. The van der Waals surface area contributed by atoms with Crippen molar-refractivity contribution in [3.63, 3.8) is 0 Å². The largest absolute Gasteiger partial charge is 0.494 e. The first-order chi connectivity index (χ1) is 14.3. The van der Waals surface area contributed by atoms with E-state index in [1.54, 1.807) is 0 Å². The van der Waals surface area contributed by atoms with Gasteiger partial charge in [0.1, 0.15) is 11.5 Å². The first kappa shape index (κ1) is 22.4. The van der Waals surface area contributed by atoms with Crippen molar-refractivity contribution < 1.29 is 14.0 Å². The van der Waals surface area contributed by atoms with Gasteiger partial charge in [0, 0.05) is 5.56 Å². The third kappa shape index (κ3) is 5.24. The van der Waals surface area contributed by atoms with Crippen LogP contribution in [-0.4, -0.2) is 36.4 Å². The van der Waals surface area contributed by atoms with Crippen molar-refractivity contribution >= 4 is 11.6 Å². The van der Waals surface area contributed by atoms with Crippen LogP contribution in [0.5, 0.6) is 5.75 Å². The lowest BCUT2D eigenvalue weighted by Crippen LogP contribution is -2.23. The third-order valence-corrected chi connectivity index (χ3v) is 5.24. The fraction of sp³-hybridized carbons (Fsp3) is 0.478. The number of allylic oxidation sites excluding steroid dienone is 3. The van der Waals surface area contributed by atoms with E-state index in [0.717, 1.165) is 29.8 Å². The Morgan fingerprint density at radius 2 is 2.13 bits per heavy atom.